The molecule has 0 fully saturated rings. The summed E-state index contributed by atoms with van der Waals surface area (Å²) in [7, 11) is 0. The molecule has 0 radical (unpaired) electrons. The van der Waals surface area contributed by atoms with Gasteiger partial charge in [-0.05, 0) is 162 Å². The molecule has 2 heterocycles. The van der Waals surface area contributed by atoms with Crippen LogP contribution in [0.25, 0.3) is 17.0 Å². The fourth-order valence-electron chi connectivity index (χ4n) is 5.81. The number of halogens is 10. The summed E-state index contributed by atoms with van der Waals surface area (Å²) in [6.07, 6.45) is -9.44. The number of alkyl halides is 6. The lowest BCUT2D eigenvalue weighted by molar-refractivity contribution is -0.159. The highest BCUT2D eigenvalue weighted by molar-refractivity contribution is 7.99. The Kier molecular flexibility index (Phi) is 17.0. The number of nitrogens with zero attached hydrogens (tertiary/aromatic N) is 2. The van der Waals surface area contributed by atoms with E-state index >= 15 is 0 Å². The van der Waals surface area contributed by atoms with Crippen LogP contribution in [0, 0.1) is 13.8 Å². The van der Waals surface area contributed by atoms with Crippen LogP contribution in [0.3, 0.4) is 0 Å². The van der Waals surface area contributed by atoms with Gasteiger partial charge in [-0.3, -0.25) is 0 Å². The van der Waals surface area contributed by atoms with Gasteiger partial charge in [-0.15, -0.1) is 4.37 Å². The number of rotatable bonds is 6. The number of hydrogen-bond donors (Lipinski definition) is 0. The number of hydrogen-bond acceptors (Lipinski definition) is 10. The number of aromatic nitrogens is 1. The molecular formula is C45H40Cl4F6N2O6S2. The van der Waals surface area contributed by atoms with Gasteiger partial charge in [-0.1, -0.05) is 59.0 Å². The van der Waals surface area contributed by atoms with Crippen molar-refractivity contribution in [2.45, 2.75) is 90.1 Å². The van der Waals surface area contributed by atoms with E-state index < -0.39 is 44.8 Å². The Bertz CT molecular complexity index is 2650. The Balaban J connectivity index is 0.000000233. The van der Waals surface area contributed by atoms with Crippen LogP contribution < -0.4 is 4.94 Å². The molecule has 1 aliphatic rings. The Labute approximate surface area is 399 Å². The fourth-order valence-corrected chi connectivity index (χ4v) is 8.24. The Morgan fingerprint density at radius 3 is 1.55 bits per heavy atom. The molecule has 0 aliphatic carbocycles. The van der Waals surface area contributed by atoms with Gasteiger partial charge in [0.25, 0.3) is 0 Å². The third-order valence-electron chi connectivity index (χ3n) is 8.72. The molecule has 0 saturated carbocycles. The molecule has 0 saturated heterocycles. The third-order valence-corrected chi connectivity index (χ3v) is 11.3. The SMILES string of the molecule is C=C(c1cc(Cl)cc(Cl)c1)C(F)(F)F.Cc1cc(-c2nsc(=O)o2)ccc1C(=O)OC(C)(C)C.Cc1cc(C2=NSC(c3cc(Cl)cc(Cl)c3)(C(F)(F)F)C2)ccc1C(=O)OC(C)(C)C. The second kappa shape index (κ2) is 20.7. The summed E-state index contributed by atoms with van der Waals surface area (Å²) in [5, 5.41) is 0.547. The quantitative estimate of drug-likeness (QED) is 0.0940. The van der Waals surface area contributed by atoms with Crippen molar-refractivity contribution in [3.8, 4) is 11.5 Å². The summed E-state index contributed by atoms with van der Waals surface area (Å²) in [5.74, 6) is -0.599. The van der Waals surface area contributed by atoms with Crippen molar-refractivity contribution < 1.29 is 49.8 Å². The summed E-state index contributed by atoms with van der Waals surface area (Å²) in [5.41, 5.74) is 1.31. The van der Waals surface area contributed by atoms with E-state index in [0.717, 1.165) is 17.1 Å². The predicted octanol–water partition coefficient (Wildman–Crippen LogP) is 15.2. The van der Waals surface area contributed by atoms with Crippen LogP contribution in [-0.2, 0) is 14.2 Å². The number of carbonyl (C=O) groups is 2. The number of carbonyl (C=O) groups excluding carboxylic acids is 2. The van der Waals surface area contributed by atoms with Crippen LogP contribution in [0.5, 0.6) is 0 Å². The Morgan fingerprint density at radius 1 is 0.708 bits per heavy atom. The molecule has 1 aromatic heterocycles. The molecule has 20 heteroatoms. The normalized spacial score (nSPS) is 15.2. The smallest absolute Gasteiger partial charge is 0.416 e. The van der Waals surface area contributed by atoms with Crippen molar-refractivity contribution in [2.75, 3.05) is 0 Å². The van der Waals surface area contributed by atoms with Crippen molar-refractivity contribution in [3.63, 3.8) is 0 Å². The molecule has 1 aliphatic heterocycles. The van der Waals surface area contributed by atoms with Crippen molar-refractivity contribution in [2.24, 2.45) is 4.40 Å². The van der Waals surface area contributed by atoms with Gasteiger partial charge in [0.2, 0.25) is 5.89 Å². The minimum atomic E-state index is -4.59. The lowest BCUT2D eigenvalue weighted by Gasteiger charge is -2.30. The maximum Gasteiger partial charge on any atom is 0.416 e. The lowest BCUT2D eigenvalue weighted by Crippen LogP contribution is -2.38. The highest BCUT2D eigenvalue weighted by Crippen LogP contribution is 2.57. The molecule has 6 rings (SSSR count). The standard InChI is InChI=1S/C22H20Cl2F3NO2S.C14H15NO4S.C9H5Cl2F3/c1-12-7-13(5-6-17(12)19(29)30-20(2,3)4)18-11-21(31-28-18,22(25,26)27)14-8-15(23)10-16(24)9-14;1-8-7-9(11-15-20-13(17)18-11)5-6-10(8)12(16)19-14(2,3)4;1-5(9(12,13)14)6-2-7(10)4-8(11)3-6/h5-10H,11H2,1-4H3;5-7H,1-4H3;2-4H,1H2. The first-order valence-electron chi connectivity index (χ1n) is 18.9. The molecule has 0 bridgehead atoms. The number of esters is 2. The number of allylic oxidation sites excluding steroid dienone is 1. The number of benzene rings is 4. The third kappa shape index (κ3) is 14.6. The molecule has 0 N–H and O–H groups in total. The monoisotopic (exact) mass is 1020 g/mol. The van der Waals surface area contributed by atoms with Gasteiger partial charge in [0, 0.05) is 32.1 Å². The summed E-state index contributed by atoms with van der Waals surface area (Å²) in [4.78, 5) is 34.9. The fraction of sp³-hybridized carbons (Fsp3) is 0.311. The van der Waals surface area contributed by atoms with E-state index in [-0.39, 0.29) is 55.2 Å². The predicted molar refractivity (Wildman–Crippen MR) is 247 cm³/mol. The van der Waals surface area contributed by atoms with Gasteiger partial charge in [0.15, 0.2) is 4.75 Å². The molecule has 0 spiro atoms. The van der Waals surface area contributed by atoms with Crippen molar-refractivity contribution >= 4 is 93.1 Å². The highest BCUT2D eigenvalue weighted by atomic mass is 35.5. The minimum Gasteiger partial charge on any atom is -0.456 e. The van der Waals surface area contributed by atoms with Crippen LogP contribution in [0.2, 0.25) is 20.1 Å². The van der Waals surface area contributed by atoms with Gasteiger partial charge in [-0.25, -0.2) is 18.8 Å². The lowest BCUT2D eigenvalue weighted by atomic mass is 9.89. The summed E-state index contributed by atoms with van der Waals surface area (Å²) in [6.45, 7) is 17.2. The molecule has 348 valence electrons. The number of ether oxygens (including phenoxy) is 2. The van der Waals surface area contributed by atoms with Gasteiger partial charge in [0.05, 0.1) is 33.9 Å². The maximum atomic E-state index is 14.2. The van der Waals surface area contributed by atoms with Crippen LogP contribution in [-0.4, -0.2) is 45.6 Å². The largest absolute Gasteiger partial charge is 0.456 e. The molecule has 1 atom stereocenters. The second-order valence-electron chi connectivity index (χ2n) is 16.3. The molecule has 1 unspecified atom stereocenters. The average Bonchev–Trinajstić information content (AvgIpc) is 3.80. The van der Waals surface area contributed by atoms with E-state index in [9.17, 15) is 40.7 Å². The first-order chi connectivity index (χ1) is 29.8. The zero-order valence-electron chi connectivity index (χ0n) is 35.8. The van der Waals surface area contributed by atoms with Gasteiger partial charge >= 0.3 is 29.2 Å². The van der Waals surface area contributed by atoms with Crippen molar-refractivity contribution in [1.29, 1.82) is 0 Å². The molecule has 65 heavy (non-hydrogen) atoms. The molecular weight excluding hydrogens is 984 g/mol. The van der Waals surface area contributed by atoms with E-state index in [2.05, 4.69) is 15.4 Å². The maximum absolute atomic E-state index is 14.2. The van der Waals surface area contributed by atoms with E-state index in [0.29, 0.717) is 39.8 Å². The zero-order valence-corrected chi connectivity index (χ0v) is 40.4. The average molecular weight is 1020 g/mol. The Hall–Kier alpha value is -4.32. The van der Waals surface area contributed by atoms with E-state index in [1.165, 1.54) is 36.4 Å². The highest BCUT2D eigenvalue weighted by Gasteiger charge is 2.60. The van der Waals surface area contributed by atoms with Gasteiger partial charge < -0.3 is 13.9 Å². The second-order valence-corrected chi connectivity index (χ2v) is 19.8. The molecule has 8 nitrogen and oxygen atoms in total. The van der Waals surface area contributed by atoms with Crippen molar-refractivity contribution in [3.05, 3.63) is 148 Å². The molecule has 4 aromatic carbocycles. The van der Waals surface area contributed by atoms with E-state index in [4.69, 9.17) is 60.3 Å². The Morgan fingerprint density at radius 2 is 1.15 bits per heavy atom. The van der Waals surface area contributed by atoms with Crippen LogP contribution in [0.1, 0.15) is 96.5 Å². The van der Waals surface area contributed by atoms with Gasteiger partial charge in [-0.2, -0.15) is 26.3 Å². The summed E-state index contributed by atoms with van der Waals surface area (Å²) in [6, 6.07) is 17.5. The summed E-state index contributed by atoms with van der Waals surface area (Å²) >= 11 is 24.2. The van der Waals surface area contributed by atoms with Crippen LogP contribution in [0.15, 0.2) is 93.0 Å². The van der Waals surface area contributed by atoms with E-state index in [1.807, 2.05) is 20.8 Å². The molecule has 0 amide bonds. The van der Waals surface area contributed by atoms with E-state index in [1.54, 1.807) is 71.0 Å². The molecule has 5 aromatic rings. The van der Waals surface area contributed by atoms with Crippen molar-refractivity contribution in [1.82, 2.24) is 4.37 Å². The topological polar surface area (TPSA) is 108 Å². The minimum absolute atomic E-state index is 0.0525. The summed E-state index contributed by atoms with van der Waals surface area (Å²) < 4.78 is 101. The zero-order chi connectivity index (χ0) is 49.0. The first-order valence-corrected chi connectivity index (χ1v) is 22.0. The van der Waals surface area contributed by atoms with Crippen LogP contribution in [0.4, 0.5) is 26.3 Å². The first kappa shape index (κ1) is 53.3. The van der Waals surface area contributed by atoms with Gasteiger partial charge in [0.1, 0.15) is 11.2 Å². The van der Waals surface area contributed by atoms with Crippen LogP contribution >= 0.6 is 69.9 Å². The number of aryl methyl sites for hydroxylation is 2.